The van der Waals surface area contributed by atoms with Crippen LogP contribution in [0.5, 0.6) is 11.5 Å². The molecule has 0 fully saturated rings. The van der Waals surface area contributed by atoms with Gasteiger partial charge in [-0.3, -0.25) is 9.59 Å². The molecule has 0 aliphatic heterocycles. The molecule has 0 radical (unpaired) electrons. The number of hydrogen-bond donors (Lipinski definition) is 2. The Morgan fingerprint density at radius 2 is 1.00 bits per heavy atom. The highest BCUT2D eigenvalue weighted by atomic mass is 16.5. The van der Waals surface area contributed by atoms with Crippen molar-refractivity contribution in [1.82, 2.24) is 10.6 Å². The maximum absolute atomic E-state index is 12.1. The first-order valence-electron chi connectivity index (χ1n) is 10.7. The Kier molecular flexibility index (Phi) is 10.3. The first-order valence-corrected chi connectivity index (χ1v) is 10.7. The van der Waals surface area contributed by atoms with Gasteiger partial charge in [-0.15, -0.1) is 0 Å². The first-order chi connectivity index (χ1) is 14.6. The zero-order valence-corrected chi connectivity index (χ0v) is 17.9. The van der Waals surface area contributed by atoms with Gasteiger partial charge in [0.1, 0.15) is 11.5 Å². The lowest BCUT2D eigenvalue weighted by atomic mass is 10.1. The van der Waals surface area contributed by atoms with Crippen LogP contribution in [0.25, 0.3) is 0 Å². The molecule has 0 bridgehead atoms. The van der Waals surface area contributed by atoms with Gasteiger partial charge < -0.3 is 20.1 Å². The Bertz CT molecular complexity index is 705. The fourth-order valence-electron chi connectivity index (χ4n) is 2.95. The quantitative estimate of drug-likeness (QED) is 0.483. The molecular formula is C24H32N2O4. The number of carbonyl (C=O) groups excluding carboxylic acids is 2. The van der Waals surface area contributed by atoms with E-state index in [0.717, 1.165) is 37.2 Å². The van der Waals surface area contributed by atoms with E-state index in [1.165, 1.54) is 0 Å². The Hall–Kier alpha value is -3.02. The molecule has 0 aromatic heterocycles. The minimum Gasteiger partial charge on any atom is -0.494 e. The molecule has 0 unspecified atom stereocenters. The zero-order chi connectivity index (χ0) is 21.6. The van der Waals surface area contributed by atoms with Gasteiger partial charge in [0.25, 0.3) is 11.8 Å². The summed E-state index contributed by atoms with van der Waals surface area (Å²) < 4.78 is 10.8. The third kappa shape index (κ3) is 8.15. The van der Waals surface area contributed by atoms with Gasteiger partial charge in [0.15, 0.2) is 0 Å². The van der Waals surface area contributed by atoms with Crippen molar-refractivity contribution in [3.05, 3.63) is 59.7 Å². The fraction of sp³-hybridized carbons (Fsp3) is 0.417. The lowest BCUT2D eigenvalue weighted by Gasteiger charge is -2.08. The smallest absolute Gasteiger partial charge is 0.251 e. The van der Waals surface area contributed by atoms with E-state index in [9.17, 15) is 9.59 Å². The molecule has 0 aliphatic carbocycles. The van der Waals surface area contributed by atoms with Crippen molar-refractivity contribution in [1.29, 1.82) is 0 Å². The van der Waals surface area contributed by atoms with E-state index in [4.69, 9.17) is 9.47 Å². The van der Waals surface area contributed by atoms with Crippen molar-refractivity contribution >= 4 is 11.8 Å². The van der Waals surface area contributed by atoms with Crippen molar-refractivity contribution in [2.45, 2.75) is 39.5 Å². The summed E-state index contributed by atoms with van der Waals surface area (Å²) in [5.41, 5.74) is 1.27. The Morgan fingerprint density at radius 1 is 0.633 bits per heavy atom. The highest BCUT2D eigenvalue weighted by molar-refractivity contribution is 5.94. The lowest BCUT2D eigenvalue weighted by Crippen LogP contribution is -2.25. The Labute approximate surface area is 179 Å². The maximum atomic E-state index is 12.1. The lowest BCUT2D eigenvalue weighted by molar-refractivity contribution is 0.0943. The van der Waals surface area contributed by atoms with Gasteiger partial charge >= 0.3 is 0 Å². The summed E-state index contributed by atoms with van der Waals surface area (Å²) in [6, 6.07) is 14.3. The van der Waals surface area contributed by atoms with Gasteiger partial charge in [-0.25, -0.2) is 0 Å². The van der Waals surface area contributed by atoms with Gasteiger partial charge in [0.05, 0.1) is 13.2 Å². The van der Waals surface area contributed by atoms with Crippen LogP contribution in [0.15, 0.2) is 48.5 Å². The molecule has 0 saturated carbocycles. The highest BCUT2D eigenvalue weighted by Crippen LogP contribution is 2.13. The molecule has 0 spiro atoms. The van der Waals surface area contributed by atoms with Crippen LogP contribution in [0.2, 0.25) is 0 Å². The number of unbranched alkanes of at least 4 members (excludes halogenated alkanes) is 3. The van der Waals surface area contributed by atoms with Crippen LogP contribution in [0, 0.1) is 0 Å². The molecule has 2 amide bonds. The average Bonchev–Trinajstić information content (AvgIpc) is 2.76. The molecule has 0 atom stereocenters. The van der Waals surface area contributed by atoms with Gasteiger partial charge in [-0.1, -0.05) is 12.8 Å². The van der Waals surface area contributed by atoms with E-state index in [-0.39, 0.29) is 11.8 Å². The Morgan fingerprint density at radius 3 is 1.33 bits per heavy atom. The first kappa shape index (κ1) is 23.3. The summed E-state index contributed by atoms with van der Waals surface area (Å²) in [5.74, 6) is 1.40. The van der Waals surface area contributed by atoms with Crippen LogP contribution in [-0.4, -0.2) is 38.1 Å². The minimum atomic E-state index is -0.0688. The minimum absolute atomic E-state index is 0.0688. The standard InChI is InChI=1S/C24H32N2O4/c1-3-29-21-13-9-19(10-14-21)23(27)25-17-7-5-6-8-18-26-24(28)20-11-15-22(16-12-20)30-4-2/h9-16H,3-8,17-18H2,1-2H3,(H,25,27)(H,26,28). The summed E-state index contributed by atoms with van der Waals surface area (Å²) in [6.07, 6.45) is 3.83. The second-order valence-electron chi connectivity index (χ2n) is 6.84. The number of nitrogens with one attached hydrogen (secondary N) is 2. The predicted octanol–water partition coefficient (Wildman–Crippen LogP) is 4.20. The van der Waals surface area contributed by atoms with Crippen LogP contribution >= 0.6 is 0 Å². The maximum Gasteiger partial charge on any atom is 0.251 e. The van der Waals surface area contributed by atoms with E-state index in [1.54, 1.807) is 48.5 Å². The van der Waals surface area contributed by atoms with Crippen molar-refractivity contribution in [2.75, 3.05) is 26.3 Å². The van der Waals surface area contributed by atoms with Crippen molar-refractivity contribution < 1.29 is 19.1 Å². The summed E-state index contributed by atoms with van der Waals surface area (Å²) in [4.78, 5) is 24.2. The Balaban J connectivity index is 1.53. The molecule has 162 valence electrons. The van der Waals surface area contributed by atoms with E-state index >= 15 is 0 Å². The number of carbonyl (C=O) groups is 2. The van der Waals surface area contributed by atoms with E-state index < -0.39 is 0 Å². The third-order valence-electron chi connectivity index (χ3n) is 4.53. The molecular weight excluding hydrogens is 380 g/mol. The van der Waals surface area contributed by atoms with Gasteiger partial charge in [0, 0.05) is 24.2 Å². The largest absolute Gasteiger partial charge is 0.494 e. The topological polar surface area (TPSA) is 76.7 Å². The number of hydrogen-bond acceptors (Lipinski definition) is 4. The highest BCUT2D eigenvalue weighted by Gasteiger charge is 2.06. The number of amides is 2. The normalized spacial score (nSPS) is 10.3. The van der Waals surface area contributed by atoms with Crippen molar-refractivity contribution in [3.63, 3.8) is 0 Å². The van der Waals surface area contributed by atoms with Crippen molar-refractivity contribution in [2.24, 2.45) is 0 Å². The molecule has 0 aliphatic rings. The van der Waals surface area contributed by atoms with Gasteiger partial charge in [-0.05, 0) is 75.2 Å². The van der Waals surface area contributed by atoms with Gasteiger partial charge in [-0.2, -0.15) is 0 Å². The van der Waals surface area contributed by atoms with Crippen LogP contribution < -0.4 is 20.1 Å². The summed E-state index contributed by atoms with van der Waals surface area (Å²) in [5, 5.41) is 5.87. The molecule has 2 rings (SSSR count). The molecule has 2 aromatic carbocycles. The molecule has 0 saturated heterocycles. The zero-order valence-electron chi connectivity index (χ0n) is 17.9. The summed E-state index contributed by atoms with van der Waals surface area (Å²) >= 11 is 0. The van der Waals surface area contributed by atoms with Crippen LogP contribution in [0.1, 0.15) is 60.2 Å². The summed E-state index contributed by atoms with van der Waals surface area (Å²) in [6.45, 7) is 6.36. The molecule has 0 heterocycles. The van der Waals surface area contributed by atoms with E-state index in [2.05, 4.69) is 10.6 Å². The second-order valence-corrected chi connectivity index (χ2v) is 6.84. The van der Waals surface area contributed by atoms with E-state index in [1.807, 2.05) is 13.8 Å². The molecule has 6 nitrogen and oxygen atoms in total. The monoisotopic (exact) mass is 412 g/mol. The average molecular weight is 413 g/mol. The molecule has 6 heteroatoms. The van der Waals surface area contributed by atoms with Crippen molar-refractivity contribution in [3.8, 4) is 11.5 Å². The number of rotatable bonds is 13. The van der Waals surface area contributed by atoms with Crippen LogP contribution in [0.3, 0.4) is 0 Å². The van der Waals surface area contributed by atoms with Crippen LogP contribution in [-0.2, 0) is 0 Å². The summed E-state index contributed by atoms with van der Waals surface area (Å²) in [7, 11) is 0. The number of ether oxygens (including phenoxy) is 2. The fourth-order valence-corrected chi connectivity index (χ4v) is 2.95. The number of benzene rings is 2. The predicted molar refractivity (Wildman–Crippen MR) is 118 cm³/mol. The SMILES string of the molecule is CCOc1ccc(C(=O)NCCCCCCNC(=O)c2ccc(OCC)cc2)cc1. The third-order valence-corrected chi connectivity index (χ3v) is 4.53. The second kappa shape index (κ2) is 13.2. The molecule has 2 N–H and O–H groups in total. The van der Waals surface area contributed by atoms with Crippen LogP contribution in [0.4, 0.5) is 0 Å². The van der Waals surface area contributed by atoms with Gasteiger partial charge in [0.2, 0.25) is 0 Å². The molecule has 30 heavy (non-hydrogen) atoms. The van der Waals surface area contributed by atoms with E-state index in [0.29, 0.717) is 37.4 Å². The molecule has 2 aromatic rings.